The van der Waals surface area contributed by atoms with Gasteiger partial charge in [-0.15, -0.1) is 0 Å². The number of aliphatic hydroxyl groups is 1. The number of oxime groups is 1. The van der Waals surface area contributed by atoms with E-state index in [9.17, 15) is 0 Å². The Hall–Kier alpha value is -0.810. The van der Waals surface area contributed by atoms with E-state index in [2.05, 4.69) is 10.5 Å². The normalized spacial score (nSPS) is 26.6. The van der Waals surface area contributed by atoms with E-state index in [4.69, 9.17) is 16.0 Å². The lowest BCUT2D eigenvalue weighted by molar-refractivity contribution is 0.0430. The van der Waals surface area contributed by atoms with Crippen molar-refractivity contribution in [1.82, 2.24) is 5.32 Å². The quantitative estimate of drug-likeness (QED) is 0.176. The highest BCUT2D eigenvalue weighted by atomic mass is 16.4. The zero-order valence-corrected chi connectivity index (χ0v) is 10.1. The molecule has 94 valence electrons. The summed E-state index contributed by atoms with van der Waals surface area (Å²) in [5.41, 5.74) is 5.31. The molecule has 0 aromatic heterocycles. The Morgan fingerprint density at radius 3 is 2.62 bits per heavy atom. The van der Waals surface area contributed by atoms with Gasteiger partial charge in [0.25, 0.3) is 0 Å². The number of nitrogens with zero attached hydrogens (tertiary/aromatic N) is 1. The summed E-state index contributed by atoms with van der Waals surface area (Å²) in [5.74, 6) is 0.885. The zero-order chi connectivity index (χ0) is 12.2. The molecule has 0 unspecified atom stereocenters. The minimum Gasteiger partial charge on any atom is -0.409 e. The summed E-state index contributed by atoms with van der Waals surface area (Å²) in [6.07, 6.45) is 2.58. The topological polar surface area (TPSA) is 90.9 Å². The van der Waals surface area contributed by atoms with Crippen LogP contribution in [0, 0.1) is 11.3 Å². The van der Waals surface area contributed by atoms with Crippen LogP contribution in [0.3, 0.4) is 0 Å². The molecule has 0 aliphatic heterocycles. The van der Waals surface area contributed by atoms with Gasteiger partial charge in [0.05, 0.1) is 6.10 Å². The molecule has 5 nitrogen and oxygen atoms in total. The largest absolute Gasteiger partial charge is 0.409 e. The monoisotopic (exact) mass is 229 g/mol. The Morgan fingerprint density at radius 2 is 2.12 bits per heavy atom. The van der Waals surface area contributed by atoms with Gasteiger partial charge in [0.2, 0.25) is 0 Å². The number of nitrogens with one attached hydrogen (secondary N) is 1. The average molecular weight is 229 g/mol. The van der Waals surface area contributed by atoms with Gasteiger partial charge in [-0.2, -0.15) is 0 Å². The second-order valence-corrected chi connectivity index (χ2v) is 5.31. The minimum absolute atomic E-state index is 0.0830. The summed E-state index contributed by atoms with van der Waals surface area (Å²) in [4.78, 5) is 0. The Labute approximate surface area is 96.7 Å². The zero-order valence-electron chi connectivity index (χ0n) is 10.1. The van der Waals surface area contributed by atoms with Crippen molar-refractivity contribution < 1.29 is 10.3 Å². The van der Waals surface area contributed by atoms with Crippen molar-refractivity contribution in [3.05, 3.63) is 0 Å². The van der Waals surface area contributed by atoms with Crippen molar-refractivity contribution in [2.75, 3.05) is 13.1 Å². The van der Waals surface area contributed by atoms with E-state index in [1.54, 1.807) is 0 Å². The first-order valence-corrected chi connectivity index (χ1v) is 5.82. The fraction of sp³-hybridized carbons (Fsp3) is 0.909. The van der Waals surface area contributed by atoms with Crippen molar-refractivity contribution in [3.8, 4) is 0 Å². The molecule has 0 amide bonds. The Balaban J connectivity index is 2.10. The first-order chi connectivity index (χ1) is 7.45. The summed E-state index contributed by atoms with van der Waals surface area (Å²) in [5, 5.41) is 24.1. The van der Waals surface area contributed by atoms with Crippen molar-refractivity contribution >= 4 is 5.84 Å². The molecule has 1 aliphatic carbocycles. The predicted octanol–water partition coefficient (Wildman–Crippen LogP) is 0.510. The van der Waals surface area contributed by atoms with E-state index < -0.39 is 0 Å². The van der Waals surface area contributed by atoms with Crippen LogP contribution in [0.15, 0.2) is 5.16 Å². The van der Waals surface area contributed by atoms with E-state index in [1.807, 2.05) is 13.8 Å². The highest BCUT2D eigenvalue weighted by Gasteiger charge is 2.27. The van der Waals surface area contributed by atoms with Crippen molar-refractivity contribution in [3.63, 3.8) is 0 Å². The third kappa shape index (κ3) is 3.64. The molecule has 5 heteroatoms. The highest BCUT2D eigenvalue weighted by molar-refractivity contribution is 5.85. The summed E-state index contributed by atoms with van der Waals surface area (Å²) in [6, 6.07) is 0. The molecular weight excluding hydrogens is 206 g/mol. The summed E-state index contributed by atoms with van der Waals surface area (Å²) in [6.45, 7) is 5.70. The first-order valence-electron chi connectivity index (χ1n) is 5.82. The van der Waals surface area contributed by atoms with Gasteiger partial charge in [0, 0.05) is 5.41 Å². The Bertz CT molecular complexity index is 248. The molecule has 0 aromatic rings. The molecule has 1 fully saturated rings. The van der Waals surface area contributed by atoms with Gasteiger partial charge in [0.15, 0.2) is 0 Å². The molecule has 0 spiro atoms. The van der Waals surface area contributed by atoms with Crippen LogP contribution < -0.4 is 11.1 Å². The van der Waals surface area contributed by atoms with Gasteiger partial charge < -0.3 is 21.4 Å². The van der Waals surface area contributed by atoms with Gasteiger partial charge in [0.1, 0.15) is 5.84 Å². The van der Waals surface area contributed by atoms with Crippen molar-refractivity contribution in [2.45, 2.75) is 39.2 Å². The molecule has 1 aliphatic rings. The SMILES string of the molecule is CC(C)(CCNCC1CC(O)C1)C(N)=NO. The van der Waals surface area contributed by atoms with E-state index in [-0.39, 0.29) is 17.4 Å². The standard InChI is InChI=1S/C11H23N3O2/c1-11(2,10(12)14-16)3-4-13-7-8-5-9(15)6-8/h8-9,13,15-16H,3-7H2,1-2H3,(H2,12,14). The predicted molar refractivity (Wildman–Crippen MR) is 63.4 cm³/mol. The molecule has 0 atom stereocenters. The summed E-state index contributed by atoms with van der Waals surface area (Å²) in [7, 11) is 0. The van der Waals surface area contributed by atoms with Crippen LogP contribution in [-0.4, -0.2) is 35.3 Å². The molecular formula is C11H23N3O2. The Kier molecular flexibility index (Phi) is 4.56. The molecule has 0 heterocycles. The van der Waals surface area contributed by atoms with Crippen molar-refractivity contribution in [1.29, 1.82) is 0 Å². The van der Waals surface area contributed by atoms with Gasteiger partial charge in [-0.25, -0.2) is 0 Å². The van der Waals surface area contributed by atoms with Crippen LogP contribution in [0.4, 0.5) is 0 Å². The van der Waals surface area contributed by atoms with E-state index in [0.29, 0.717) is 5.92 Å². The van der Waals surface area contributed by atoms with Crippen LogP contribution in [0.5, 0.6) is 0 Å². The van der Waals surface area contributed by atoms with Crippen LogP contribution in [0.1, 0.15) is 33.1 Å². The van der Waals surface area contributed by atoms with Gasteiger partial charge in [-0.05, 0) is 38.3 Å². The lowest BCUT2D eigenvalue weighted by atomic mass is 9.82. The molecule has 0 saturated heterocycles. The number of hydrogen-bond acceptors (Lipinski definition) is 4. The molecule has 16 heavy (non-hydrogen) atoms. The molecule has 0 radical (unpaired) electrons. The third-order valence-electron chi connectivity index (χ3n) is 3.37. The van der Waals surface area contributed by atoms with Gasteiger partial charge in [-0.1, -0.05) is 19.0 Å². The maximum Gasteiger partial charge on any atom is 0.144 e. The summed E-state index contributed by atoms with van der Waals surface area (Å²) >= 11 is 0. The molecule has 1 rings (SSSR count). The highest BCUT2D eigenvalue weighted by Crippen LogP contribution is 2.26. The number of rotatable bonds is 6. The fourth-order valence-electron chi connectivity index (χ4n) is 1.84. The first kappa shape index (κ1) is 13.3. The number of aliphatic hydroxyl groups excluding tert-OH is 1. The van der Waals surface area contributed by atoms with Crippen LogP contribution in [0.25, 0.3) is 0 Å². The maximum atomic E-state index is 9.12. The number of nitrogens with two attached hydrogens (primary N) is 1. The lowest BCUT2D eigenvalue weighted by Crippen LogP contribution is -2.39. The lowest BCUT2D eigenvalue weighted by Gasteiger charge is -2.32. The molecule has 1 saturated carbocycles. The van der Waals surface area contributed by atoms with Crippen molar-refractivity contribution in [2.24, 2.45) is 22.2 Å². The molecule has 0 bridgehead atoms. The minimum atomic E-state index is -0.277. The average Bonchev–Trinajstić information content (AvgIpc) is 2.19. The molecule has 0 aromatic carbocycles. The van der Waals surface area contributed by atoms with Crippen LogP contribution in [-0.2, 0) is 0 Å². The van der Waals surface area contributed by atoms with E-state index in [0.717, 1.165) is 32.4 Å². The van der Waals surface area contributed by atoms with Gasteiger partial charge in [-0.3, -0.25) is 0 Å². The maximum absolute atomic E-state index is 9.12. The molecule has 5 N–H and O–H groups in total. The fourth-order valence-corrected chi connectivity index (χ4v) is 1.84. The van der Waals surface area contributed by atoms with E-state index >= 15 is 0 Å². The number of amidine groups is 1. The smallest absolute Gasteiger partial charge is 0.144 e. The summed E-state index contributed by atoms with van der Waals surface area (Å²) < 4.78 is 0. The number of hydrogen-bond donors (Lipinski definition) is 4. The van der Waals surface area contributed by atoms with E-state index in [1.165, 1.54) is 0 Å². The van der Waals surface area contributed by atoms with Crippen LogP contribution in [0.2, 0.25) is 0 Å². The van der Waals surface area contributed by atoms with Gasteiger partial charge >= 0.3 is 0 Å². The second kappa shape index (κ2) is 5.50. The second-order valence-electron chi connectivity index (χ2n) is 5.31. The third-order valence-corrected chi connectivity index (χ3v) is 3.37. The van der Waals surface area contributed by atoms with Crippen LogP contribution >= 0.6 is 0 Å². The Morgan fingerprint density at radius 1 is 1.50 bits per heavy atom.